The summed E-state index contributed by atoms with van der Waals surface area (Å²) in [7, 11) is 0. The average molecular weight is 402 g/mol. The SMILES string of the molecule is CCOc1ccccc1[C@@H]1Nc2ccccc2C(=O)N1Cc1ccc2c(c1)OCO2. The third kappa shape index (κ3) is 3.20. The van der Waals surface area contributed by atoms with Crippen molar-refractivity contribution in [3.05, 3.63) is 83.4 Å². The molecule has 0 saturated heterocycles. The van der Waals surface area contributed by atoms with Gasteiger partial charge < -0.3 is 24.4 Å². The van der Waals surface area contributed by atoms with Crippen molar-refractivity contribution in [1.82, 2.24) is 4.90 Å². The van der Waals surface area contributed by atoms with Gasteiger partial charge >= 0.3 is 0 Å². The fourth-order valence-corrected chi connectivity index (χ4v) is 3.93. The zero-order chi connectivity index (χ0) is 20.5. The van der Waals surface area contributed by atoms with E-state index in [0.29, 0.717) is 24.5 Å². The first-order valence-electron chi connectivity index (χ1n) is 10.0. The van der Waals surface area contributed by atoms with Crippen molar-refractivity contribution in [3.63, 3.8) is 0 Å². The number of hydrogen-bond acceptors (Lipinski definition) is 5. The van der Waals surface area contributed by atoms with Gasteiger partial charge in [-0.1, -0.05) is 36.4 Å². The maximum atomic E-state index is 13.5. The molecule has 30 heavy (non-hydrogen) atoms. The molecule has 1 amide bonds. The molecule has 2 aliphatic heterocycles. The number of amides is 1. The van der Waals surface area contributed by atoms with Crippen molar-refractivity contribution in [3.8, 4) is 17.2 Å². The molecule has 0 saturated carbocycles. The Morgan fingerprint density at radius 3 is 2.73 bits per heavy atom. The van der Waals surface area contributed by atoms with Crippen LogP contribution in [0, 0.1) is 0 Å². The molecule has 1 atom stereocenters. The highest BCUT2D eigenvalue weighted by Crippen LogP contribution is 2.39. The van der Waals surface area contributed by atoms with Crippen LogP contribution in [0.4, 0.5) is 5.69 Å². The average Bonchev–Trinajstić information content (AvgIpc) is 3.24. The molecule has 5 rings (SSSR count). The molecule has 0 spiro atoms. The van der Waals surface area contributed by atoms with Crippen LogP contribution in [0.15, 0.2) is 66.7 Å². The summed E-state index contributed by atoms with van der Waals surface area (Å²) >= 11 is 0. The van der Waals surface area contributed by atoms with Gasteiger partial charge in [0.05, 0.1) is 12.2 Å². The molecule has 3 aromatic carbocycles. The Labute approximate surface area is 175 Å². The van der Waals surface area contributed by atoms with E-state index in [4.69, 9.17) is 14.2 Å². The summed E-state index contributed by atoms with van der Waals surface area (Å²) in [6.07, 6.45) is -0.361. The van der Waals surface area contributed by atoms with Gasteiger partial charge in [-0.2, -0.15) is 0 Å². The lowest BCUT2D eigenvalue weighted by Crippen LogP contribution is -2.42. The summed E-state index contributed by atoms with van der Waals surface area (Å²) in [5.41, 5.74) is 3.36. The Balaban J connectivity index is 1.56. The quantitative estimate of drug-likeness (QED) is 0.677. The molecule has 0 fully saturated rings. The highest BCUT2D eigenvalue weighted by Gasteiger charge is 2.34. The molecular weight excluding hydrogens is 380 g/mol. The van der Waals surface area contributed by atoms with E-state index < -0.39 is 0 Å². The molecule has 0 aromatic heterocycles. The van der Waals surface area contributed by atoms with Crippen LogP contribution in [0.2, 0.25) is 0 Å². The van der Waals surface area contributed by atoms with Crippen molar-refractivity contribution in [1.29, 1.82) is 0 Å². The Bertz CT molecular complexity index is 1100. The first kappa shape index (κ1) is 18.4. The van der Waals surface area contributed by atoms with Crippen LogP contribution in [0.5, 0.6) is 17.2 Å². The molecule has 0 bridgehead atoms. The summed E-state index contributed by atoms with van der Waals surface area (Å²) in [6, 6.07) is 21.2. The first-order chi connectivity index (χ1) is 14.7. The number of benzene rings is 3. The lowest BCUT2D eigenvalue weighted by molar-refractivity contribution is 0.0664. The zero-order valence-corrected chi connectivity index (χ0v) is 16.6. The van der Waals surface area contributed by atoms with Gasteiger partial charge in [0.25, 0.3) is 5.91 Å². The first-order valence-corrected chi connectivity index (χ1v) is 10.0. The molecular formula is C24H22N2O4. The predicted molar refractivity (Wildman–Crippen MR) is 113 cm³/mol. The van der Waals surface area contributed by atoms with E-state index in [1.54, 1.807) is 0 Å². The van der Waals surface area contributed by atoms with Crippen LogP contribution in [-0.4, -0.2) is 24.2 Å². The highest BCUT2D eigenvalue weighted by atomic mass is 16.7. The van der Waals surface area contributed by atoms with Crippen LogP contribution >= 0.6 is 0 Å². The smallest absolute Gasteiger partial charge is 0.258 e. The number of rotatable bonds is 5. The van der Waals surface area contributed by atoms with Crippen LogP contribution in [0.1, 0.15) is 34.6 Å². The largest absolute Gasteiger partial charge is 0.493 e. The zero-order valence-electron chi connectivity index (χ0n) is 16.6. The van der Waals surface area contributed by atoms with Crippen molar-refractivity contribution in [2.75, 3.05) is 18.7 Å². The summed E-state index contributed by atoms with van der Waals surface area (Å²) < 4.78 is 16.8. The number of nitrogens with one attached hydrogen (secondary N) is 1. The summed E-state index contributed by atoms with van der Waals surface area (Å²) in [5, 5.41) is 3.53. The molecule has 0 radical (unpaired) electrons. The fraction of sp³-hybridized carbons (Fsp3) is 0.208. The van der Waals surface area contributed by atoms with Gasteiger partial charge in [-0.05, 0) is 42.8 Å². The minimum absolute atomic E-state index is 0.0293. The molecule has 6 heteroatoms. The van der Waals surface area contributed by atoms with Crippen LogP contribution in [-0.2, 0) is 6.54 Å². The molecule has 152 valence electrons. The minimum Gasteiger partial charge on any atom is -0.493 e. The third-order valence-electron chi connectivity index (χ3n) is 5.33. The number of nitrogens with zero attached hydrogens (tertiary/aromatic N) is 1. The molecule has 0 aliphatic carbocycles. The number of anilines is 1. The van der Waals surface area contributed by atoms with E-state index in [1.165, 1.54) is 0 Å². The molecule has 3 aromatic rings. The van der Waals surface area contributed by atoms with E-state index >= 15 is 0 Å². The summed E-state index contributed by atoms with van der Waals surface area (Å²) in [6.45, 7) is 3.15. The number of para-hydroxylation sites is 2. The van der Waals surface area contributed by atoms with Crippen LogP contribution < -0.4 is 19.5 Å². The summed E-state index contributed by atoms with van der Waals surface area (Å²) in [5.74, 6) is 2.17. The second-order valence-corrected chi connectivity index (χ2v) is 7.18. The molecule has 1 N–H and O–H groups in total. The maximum Gasteiger partial charge on any atom is 0.258 e. The van der Waals surface area contributed by atoms with E-state index in [0.717, 1.165) is 28.3 Å². The molecule has 6 nitrogen and oxygen atoms in total. The standard InChI is InChI=1S/C24H22N2O4/c1-2-28-20-10-6-4-8-18(20)23-25-19-9-5-3-7-17(19)24(27)26(23)14-16-11-12-21-22(13-16)30-15-29-21/h3-13,23,25H,2,14-15H2,1H3/t23-/m1/s1. The Hall–Kier alpha value is -3.67. The van der Waals surface area contributed by atoms with Crippen molar-refractivity contribution >= 4 is 11.6 Å². The second-order valence-electron chi connectivity index (χ2n) is 7.18. The number of carbonyl (C=O) groups excluding carboxylic acids is 1. The number of hydrogen-bond donors (Lipinski definition) is 1. The van der Waals surface area contributed by atoms with E-state index in [9.17, 15) is 4.79 Å². The van der Waals surface area contributed by atoms with Gasteiger partial charge in [-0.25, -0.2) is 0 Å². The lowest BCUT2D eigenvalue weighted by atomic mass is 10.0. The Kier molecular flexibility index (Phi) is 4.67. The topological polar surface area (TPSA) is 60.0 Å². The van der Waals surface area contributed by atoms with Gasteiger partial charge in [0.1, 0.15) is 11.9 Å². The van der Waals surface area contributed by atoms with Crippen LogP contribution in [0.25, 0.3) is 0 Å². The normalized spacial score (nSPS) is 16.8. The Morgan fingerprint density at radius 1 is 1.03 bits per heavy atom. The van der Waals surface area contributed by atoms with Gasteiger partial charge in [-0.3, -0.25) is 4.79 Å². The monoisotopic (exact) mass is 402 g/mol. The van der Waals surface area contributed by atoms with E-state index in [1.807, 2.05) is 78.6 Å². The molecule has 2 aliphatic rings. The number of fused-ring (bicyclic) bond motifs is 2. The minimum atomic E-state index is -0.361. The molecule has 2 heterocycles. The third-order valence-corrected chi connectivity index (χ3v) is 5.33. The fourth-order valence-electron chi connectivity index (χ4n) is 3.93. The van der Waals surface area contributed by atoms with Crippen molar-refractivity contribution in [2.24, 2.45) is 0 Å². The highest BCUT2D eigenvalue weighted by molar-refractivity contribution is 6.01. The van der Waals surface area contributed by atoms with Gasteiger partial charge in [0, 0.05) is 17.8 Å². The van der Waals surface area contributed by atoms with E-state index in [-0.39, 0.29) is 18.9 Å². The second kappa shape index (κ2) is 7.63. The predicted octanol–water partition coefficient (Wildman–Crippen LogP) is 4.58. The van der Waals surface area contributed by atoms with Gasteiger partial charge in [0.2, 0.25) is 6.79 Å². The van der Waals surface area contributed by atoms with Gasteiger partial charge in [-0.15, -0.1) is 0 Å². The summed E-state index contributed by atoms with van der Waals surface area (Å²) in [4.78, 5) is 15.3. The Morgan fingerprint density at radius 2 is 1.83 bits per heavy atom. The number of ether oxygens (including phenoxy) is 3. The van der Waals surface area contributed by atoms with Crippen LogP contribution in [0.3, 0.4) is 0 Å². The van der Waals surface area contributed by atoms with E-state index in [2.05, 4.69) is 5.32 Å². The maximum absolute atomic E-state index is 13.5. The van der Waals surface area contributed by atoms with Crippen molar-refractivity contribution in [2.45, 2.75) is 19.6 Å². The number of carbonyl (C=O) groups is 1. The molecule has 0 unspecified atom stereocenters. The van der Waals surface area contributed by atoms with Gasteiger partial charge in [0.15, 0.2) is 11.5 Å². The van der Waals surface area contributed by atoms with Crippen molar-refractivity contribution < 1.29 is 19.0 Å². The lowest BCUT2D eigenvalue weighted by Gasteiger charge is -2.38.